The second kappa shape index (κ2) is 8.30. The van der Waals surface area contributed by atoms with Crippen LogP contribution in [0.15, 0.2) is 47.0 Å². The predicted octanol–water partition coefficient (Wildman–Crippen LogP) is 5.55. The molecule has 5 heteroatoms. The molecular formula is C23H26N2O3. The van der Waals surface area contributed by atoms with Gasteiger partial charge in [-0.1, -0.05) is 37.2 Å². The Bertz CT molecular complexity index is 953. The number of nitrogens with one attached hydrogen (secondary N) is 1. The Balaban J connectivity index is 1.69. The Labute approximate surface area is 165 Å². The van der Waals surface area contributed by atoms with Gasteiger partial charge in [-0.2, -0.15) is 0 Å². The van der Waals surface area contributed by atoms with Gasteiger partial charge >= 0.3 is 0 Å². The highest BCUT2D eigenvalue weighted by atomic mass is 16.5. The zero-order chi connectivity index (χ0) is 20.3. The maximum absolute atomic E-state index is 12.7. The van der Waals surface area contributed by atoms with Crippen LogP contribution in [-0.4, -0.2) is 11.1 Å². The number of rotatable bonds is 6. The Morgan fingerprint density at radius 3 is 2.43 bits per heavy atom. The van der Waals surface area contributed by atoms with Crippen molar-refractivity contribution in [2.24, 2.45) is 0 Å². The second-order valence-corrected chi connectivity index (χ2v) is 7.26. The summed E-state index contributed by atoms with van der Waals surface area (Å²) in [5.74, 6) is 1.65. The molecule has 0 radical (unpaired) electrons. The molecule has 1 aromatic heterocycles. The zero-order valence-corrected chi connectivity index (χ0v) is 17.0. The molecule has 0 saturated heterocycles. The number of anilines is 1. The van der Waals surface area contributed by atoms with Crippen LogP contribution in [-0.2, 0) is 6.61 Å². The molecule has 0 saturated carbocycles. The molecular weight excluding hydrogens is 352 g/mol. The molecule has 0 atom stereocenters. The van der Waals surface area contributed by atoms with E-state index in [-0.39, 0.29) is 5.91 Å². The fourth-order valence-corrected chi connectivity index (χ4v) is 3.09. The van der Waals surface area contributed by atoms with E-state index in [1.54, 1.807) is 24.3 Å². The number of para-hydroxylation sites is 1. The maximum Gasteiger partial charge on any atom is 0.255 e. The zero-order valence-electron chi connectivity index (χ0n) is 17.0. The molecule has 0 aliphatic carbocycles. The third-order valence-electron chi connectivity index (χ3n) is 4.85. The van der Waals surface area contributed by atoms with E-state index < -0.39 is 0 Å². The summed E-state index contributed by atoms with van der Waals surface area (Å²) in [4.78, 5) is 12.7. The first kappa shape index (κ1) is 19.7. The molecule has 0 aliphatic heterocycles. The summed E-state index contributed by atoms with van der Waals surface area (Å²) in [6.07, 6.45) is 0. The first-order valence-corrected chi connectivity index (χ1v) is 9.42. The fraction of sp³-hybridized carbons (Fsp3) is 0.304. The van der Waals surface area contributed by atoms with Gasteiger partial charge in [0.15, 0.2) is 0 Å². The molecule has 146 valence electrons. The number of ether oxygens (including phenoxy) is 1. The van der Waals surface area contributed by atoms with E-state index in [1.165, 1.54) is 0 Å². The summed E-state index contributed by atoms with van der Waals surface area (Å²) in [6.45, 7) is 10.4. The van der Waals surface area contributed by atoms with E-state index in [4.69, 9.17) is 9.26 Å². The summed E-state index contributed by atoms with van der Waals surface area (Å²) >= 11 is 0. The quantitative estimate of drug-likeness (QED) is 0.610. The van der Waals surface area contributed by atoms with Gasteiger partial charge in [-0.25, -0.2) is 0 Å². The van der Waals surface area contributed by atoms with Crippen LogP contribution in [0.25, 0.3) is 0 Å². The first-order valence-electron chi connectivity index (χ1n) is 9.42. The van der Waals surface area contributed by atoms with Crippen molar-refractivity contribution >= 4 is 11.6 Å². The van der Waals surface area contributed by atoms with Gasteiger partial charge in [0.2, 0.25) is 0 Å². The van der Waals surface area contributed by atoms with E-state index in [9.17, 15) is 4.79 Å². The van der Waals surface area contributed by atoms with Gasteiger partial charge in [0, 0.05) is 11.3 Å². The summed E-state index contributed by atoms with van der Waals surface area (Å²) in [5, 5.41) is 6.99. The lowest BCUT2D eigenvalue weighted by atomic mass is 9.98. The van der Waals surface area contributed by atoms with Crippen LogP contribution in [0, 0.1) is 20.8 Å². The number of hydrogen-bond donors (Lipinski definition) is 1. The Hall–Kier alpha value is -3.08. The van der Waals surface area contributed by atoms with Crippen LogP contribution in [0.3, 0.4) is 0 Å². The van der Waals surface area contributed by atoms with Crippen LogP contribution in [0.1, 0.15) is 58.3 Å². The first-order chi connectivity index (χ1) is 13.4. The average Bonchev–Trinajstić information content (AvgIpc) is 2.99. The molecule has 0 bridgehead atoms. The normalized spacial score (nSPS) is 10.9. The number of hydrogen-bond acceptors (Lipinski definition) is 4. The lowest BCUT2D eigenvalue weighted by Crippen LogP contribution is -2.14. The van der Waals surface area contributed by atoms with Gasteiger partial charge in [-0.15, -0.1) is 0 Å². The molecule has 3 rings (SSSR count). The van der Waals surface area contributed by atoms with Crippen molar-refractivity contribution in [3.05, 3.63) is 76.2 Å². The minimum atomic E-state index is -0.131. The van der Waals surface area contributed by atoms with E-state index in [2.05, 4.69) is 30.4 Å². The SMILES string of the molecule is Cc1cccc(C(C)C)c1NC(=O)c1ccc(OCc2c(C)noc2C)cc1. The van der Waals surface area contributed by atoms with Gasteiger partial charge in [0.05, 0.1) is 11.3 Å². The van der Waals surface area contributed by atoms with Gasteiger partial charge in [-0.05, 0) is 62.1 Å². The van der Waals surface area contributed by atoms with Gasteiger partial charge < -0.3 is 14.6 Å². The molecule has 2 aromatic carbocycles. The summed E-state index contributed by atoms with van der Waals surface area (Å²) in [7, 11) is 0. The Morgan fingerprint density at radius 2 is 1.82 bits per heavy atom. The van der Waals surface area contributed by atoms with Crippen molar-refractivity contribution < 1.29 is 14.1 Å². The standard InChI is InChI=1S/C23H26N2O3/c1-14(2)20-8-6-7-15(3)22(20)24-23(26)18-9-11-19(12-10-18)27-13-21-16(4)25-28-17(21)5/h6-12,14H,13H2,1-5H3,(H,24,26). The molecule has 28 heavy (non-hydrogen) atoms. The topological polar surface area (TPSA) is 64.4 Å². The molecule has 0 spiro atoms. The van der Waals surface area contributed by atoms with Crippen LogP contribution in [0.4, 0.5) is 5.69 Å². The maximum atomic E-state index is 12.7. The van der Waals surface area contributed by atoms with E-state index in [0.717, 1.165) is 33.8 Å². The lowest BCUT2D eigenvalue weighted by Gasteiger charge is -2.16. The third kappa shape index (κ3) is 4.25. The van der Waals surface area contributed by atoms with Gasteiger partial charge in [0.1, 0.15) is 18.1 Å². The molecule has 5 nitrogen and oxygen atoms in total. The predicted molar refractivity (Wildman–Crippen MR) is 110 cm³/mol. The smallest absolute Gasteiger partial charge is 0.255 e. The fourth-order valence-electron chi connectivity index (χ4n) is 3.09. The van der Waals surface area contributed by atoms with Crippen molar-refractivity contribution in [2.75, 3.05) is 5.32 Å². The highest BCUT2D eigenvalue weighted by Gasteiger charge is 2.14. The highest BCUT2D eigenvalue weighted by Crippen LogP contribution is 2.28. The Morgan fingerprint density at radius 1 is 1.11 bits per heavy atom. The van der Waals surface area contributed by atoms with Crippen molar-refractivity contribution in [3.8, 4) is 5.75 Å². The molecule has 3 aromatic rings. The van der Waals surface area contributed by atoms with Gasteiger partial charge in [0.25, 0.3) is 5.91 Å². The minimum absolute atomic E-state index is 0.131. The van der Waals surface area contributed by atoms with E-state index in [0.29, 0.717) is 23.8 Å². The van der Waals surface area contributed by atoms with Crippen molar-refractivity contribution in [3.63, 3.8) is 0 Å². The average molecular weight is 378 g/mol. The lowest BCUT2D eigenvalue weighted by molar-refractivity contribution is 0.102. The number of nitrogens with zero attached hydrogens (tertiary/aromatic N) is 1. The van der Waals surface area contributed by atoms with Crippen LogP contribution in [0.2, 0.25) is 0 Å². The number of aromatic nitrogens is 1. The summed E-state index contributed by atoms with van der Waals surface area (Å²) in [5.41, 5.74) is 5.44. The Kier molecular flexibility index (Phi) is 5.83. The highest BCUT2D eigenvalue weighted by molar-refractivity contribution is 6.05. The van der Waals surface area contributed by atoms with Crippen LogP contribution >= 0.6 is 0 Å². The van der Waals surface area contributed by atoms with E-state index >= 15 is 0 Å². The summed E-state index contributed by atoms with van der Waals surface area (Å²) in [6, 6.07) is 13.2. The number of amides is 1. The largest absolute Gasteiger partial charge is 0.489 e. The molecule has 1 heterocycles. The minimum Gasteiger partial charge on any atom is -0.489 e. The third-order valence-corrected chi connectivity index (χ3v) is 4.85. The second-order valence-electron chi connectivity index (χ2n) is 7.26. The molecule has 1 N–H and O–H groups in total. The number of carbonyl (C=O) groups is 1. The molecule has 0 unspecified atom stereocenters. The van der Waals surface area contributed by atoms with E-state index in [1.807, 2.05) is 32.9 Å². The van der Waals surface area contributed by atoms with Crippen molar-refractivity contribution in [1.82, 2.24) is 5.16 Å². The van der Waals surface area contributed by atoms with Crippen molar-refractivity contribution in [1.29, 1.82) is 0 Å². The van der Waals surface area contributed by atoms with Crippen LogP contribution < -0.4 is 10.1 Å². The summed E-state index contributed by atoms with van der Waals surface area (Å²) < 4.78 is 10.9. The van der Waals surface area contributed by atoms with Crippen LogP contribution in [0.5, 0.6) is 5.75 Å². The van der Waals surface area contributed by atoms with Crippen molar-refractivity contribution in [2.45, 2.75) is 47.1 Å². The number of benzene rings is 2. The molecule has 0 aliphatic rings. The van der Waals surface area contributed by atoms with Gasteiger partial charge in [-0.3, -0.25) is 4.79 Å². The number of carbonyl (C=O) groups excluding carboxylic acids is 1. The number of aryl methyl sites for hydroxylation is 3. The monoisotopic (exact) mass is 378 g/mol. The molecule has 1 amide bonds. The molecule has 0 fully saturated rings.